The van der Waals surface area contributed by atoms with E-state index in [0.29, 0.717) is 13.1 Å². The number of hydrogen-bond acceptors (Lipinski definition) is 3. The highest BCUT2D eigenvalue weighted by Crippen LogP contribution is 2.21. The van der Waals surface area contributed by atoms with Gasteiger partial charge in [0.1, 0.15) is 0 Å². The van der Waals surface area contributed by atoms with E-state index < -0.39 is 0 Å². The van der Waals surface area contributed by atoms with Gasteiger partial charge in [-0.15, -0.1) is 24.0 Å². The van der Waals surface area contributed by atoms with Crippen molar-refractivity contribution in [2.75, 3.05) is 39.5 Å². The van der Waals surface area contributed by atoms with Gasteiger partial charge in [-0.1, -0.05) is 56.3 Å². The molecule has 0 aliphatic carbocycles. The van der Waals surface area contributed by atoms with E-state index in [1.807, 2.05) is 49.3 Å². The normalized spacial score (nSPS) is 11.6. The van der Waals surface area contributed by atoms with Gasteiger partial charge >= 0.3 is 0 Å². The molecule has 0 aliphatic heterocycles. The number of benzene rings is 2. The van der Waals surface area contributed by atoms with Crippen molar-refractivity contribution in [2.45, 2.75) is 25.8 Å². The van der Waals surface area contributed by atoms with Crippen LogP contribution >= 0.6 is 24.0 Å². The van der Waals surface area contributed by atoms with Crippen molar-refractivity contribution in [2.24, 2.45) is 4.99 Å². The molecule has 30 heavy (non-hydrogen) atoms. The number of hydrogen-bond donors (Lipinski definition) is 3. The molecule has 0 fully saturated rings. The molecule has 2 rings (SSSR count). The van der Waals surface area contributed by atoms with Gasteiger partial charge in [-0.3, -0.25) is 9.79 Å². The first-order valence-corrected chi connectivity index (χ1v) is 9.84. The summed E-state index contributed by atoms with van der Waals surface area (Å²) < 4.78 is 0. The highest BCUT2D eigenvalue weighted by atomic mass is 127. The van der Waals surface area contributed by atoms with E-state index >= 15 is 0 Å². The molecule has 0 heterocycles. The zero-order valence-corrected chi connectivity index (χ0v) is 20.9. The molecule has 164 valence electrons. The summed E-state index contributed by atoms with van der Waals surface area (Å²) in [5.41, 5.74) is 3.13. The highest BCUT2D eigenvalue weighted by Gasteiger charge is 2.20. The lowest BCUT2D eigenvalue weighted by molar-refractivity contribution is -0.116. The van der Waals surface area contributed by atoms with E-state index in [9.17, 15) is 4.79 Å². The first-order valence-electron chi connectivity index (χ1n) is 9.84. The van der Waals surface area contributed by atoms with Crippen LogP contribution < -0.4 is 16.0 Å². The molecular formula is C23H34IN5O. The van der Waals surface area contributed by atoms with Crippen molar-refractivity contribution >= 4 is 41.5 Å². The van der Waals surface area contributed by atoms with Gasteiger partial charge in [-0.25, -0.2) is 0 Å². The van der Waals surface area contributed by atoms with Crippen LogP contribution in [0.4, 0.5) is 5.69 Å². The molecule has 0 radical (unpaired) electrons. The molecule has 0 atom stereocenters. The second-order valence-electron chi connectivity index (χ2n) is 8.02. The highest BCUT2D eigenvalue weighted by molar-refractivity contribution is 14.0. The Morgan fingerprint density at radius 1 is 1.03 bits per heavy atom. The lowest BCUT2D eigenvalue weighted by Crippen LogP contribution is -2.43. The largest absolute Gasteiger partial charge is 0.356 e. The third-order valence-corrected chi connectivity index (χ3v) is 4.61. The first-order chi connectivity index (χ1) is 13.8. The van der Waals surface area contributed by atoms with E-state index in [4.69, 9.17) is 0 Å². The number of anilines is 1. The number of rotatable bonds is 8. The van der Waals surface area contributed by atoms with Gasteiger partial charge in [-0.05, 0) is 37.4 Å². The SMILES string of the molecule is CN=C(NCc1cccc(NC(=O)CN(C)C)c1)NCC(C)(C)c1ccccc1.I. The Balaban J connectivity index is 0.00000450. The molecule has 3 N–H and O–H groups in total. The molecule has 2 aromatic rings. The predicted molar refractivity (Wildman–Crippen MR) is 137 cm³/mol. The van der Waals surface area contributed by atoms with E-state index in [2.05, 4.69) is 59.1 Å². The van der Waals surface area contributed by atoms with Gasteiger partial charge in [0.15, 0.2) is 5.96 Å². The maximum Gasteiger partial charge on any atom is 0.238 e. The van der Waals surface area contributed by atoms with Crippen LogP contribution in [0.3, 0.4) is 0 Å². The monoisotopic (exact) mass is 523 g/mol. The minimum Gasteiger partial charge on any atom is -0.356 e. The van der Waals surface area contributed by atoms with Crippen molar-refractivity contribution in [3.05, 3.63) is 65.7 Å². The van der Waals surface area contributed by atoms with Gasteiger partial charge in [0.05, 0.1) is 6.54 Å². The minimum atomic E-state index is -0.0271. The number of aliphatic imine (C=N–C) groups is 1. The maximum absolute atomic E-state index is 11.9. The van der Waals surface area contributed by atoms with E-state index in [-0.39, 0.29) is 35.3 Å². The third-order valence-electron chi connectivity index (χ3n) is 4.61. The summed E-state index contributed by atoms with van der Waals surface area (Å²) in [5, 5.41) is 9.68. The van der Waals surface area contributed by atoms with Crippen LogP contribution in [0.2, 0.25) is 0 Å². The molecule has 0 aromatic heterocycles. The van der Waals surface area contributed by atoms with Gasteiger partial charge in [0.2, 0.25) is 5.91 Å². The summed E-state index contributed by atoms with van der Waals surface area (Å²) in [4.78, 5) is 18.1. The molecule has 0 unspecified atom stereocenters. The average Bonchev–Trinajstić information content (AvgIpc) is 2.68. The van der Waals surface area contributed by atoms with E-state index in [0.717, 1.165) is 23.8 Å². The molecule has 1 amide bonds. The molecule has 7 heteroatoms. The fraction of sp³-hybridized carbons (Fsp3) is 0.391. The number of amides is 1. The van der Waals surface area contributed by atoms with E-state index in [1.54, 1.807) is 7.05 Å². The van der Waals surface area contributed by atoms with Gasteiger partial charge in [0, 0.05) is 31.2 Å². The molecule has 0 saturated heterocycles. The number of guanidine groups is 1. The Morgan fingerprint density at radius 2 is 1.73 bits per heavy atom. The lowest BCUT2D eigenvalue weighted by Gasteiger charge is -2.26. The van der Waals surface area contributed by atoms with Crippen molar-refractivity contribution < 1.29 is 4.79 Å². The molecular weight excluding hydrogens is 489 g/mol. The van der Waals surface area contributed by atoms with Crippen LogP contribution in [0.25, 0.3) is 0 Å². The summed E-state index contributed by atoms with van der Waals surface area (Å²) in [6.07, 6.45) is 0. The Kier molecular flexibility index (Phi) is 10.8. The van der Waals surface area contributed by atoms with Crippen molar-refractivity contribution in [1.82, 2.24) is 15.5 Å². The molecule has 0 spiro atoms. The number of carbonyl (C=O) groups excluding carboxylic acids is 1. The summed E-state index contributed by atoms with van der Waals surface area (Å²) in [6, 6.07) is 18.3. The van der Waals surface area contributed by atoms with Crippen molar-refractivity contribution in [1.29, 1.82) is 0 Å². The van der Waals surface area contributed by atoms with Gasteiger partial charge in [-0.2, -0.15) is 0 Å². The van der Waals surface area contributed by atoms with Crippen LogP contribution in [0.15, 0.2) is 59.6 Å². The maximum atomic E-state index is 11.9. The number of likely N-dealkylation sites (N-methyl/N-ethyl adjacent to an activating group) is 1. The summed E-state index contributed by atoms with van der Waals surface area (Å²) in [7, 11) is 5.51. The van der Waals surface area contributed by atoms with Crippen LogP contribution in [0.1, 0.15) is 25.0 Å². The fourth-order valence-electron chi connectivity index (χ4n) is 2.95. The van der Waals surface area contributed by atoms with Crippen molar-refractivity contribution in [3.8, 4) is 0 Å². The zero-order valence-electron chi connectivity index (χ0n) is 18.5. The lowest BCUT2D eigenvalue weighted by atomic mass is 9.85. The fourth-order valence-corrected chi connectivity index (χ4v) is 2.95. The Labute approximate surface area is 197 Å². The molecule has 2 aromatic carbocycles. The Bertz CT molecular complexity index is 821. The Morgan fingerprint density at radius 3 is 2.37 bits per heavy atom. The summed E-state index contributed by atoms with van der Waals surface area (Å²) >= 11 is 0. The molecule has 6 nitrogen and oxygen atoms in total. The minimum absolute atomic E-state index is 0. The zero-order chi connectivity index (χ0) is 21.3. The molecule has 0 aliphatic rings. The standard InChI is InChI=1S/C23H33N5O.HI/c1-23(2,19-11-7-6-8-12-19)17-26-22(24-3)25-15-18-10-9-13-20(14-18)27-21(29)16-28(4)5;/h6-14H,15-17H2,1-5H3,(H,27,29)(H2,24,25,26);1H. The molecule has 0 bridgehead atoms. The first kappa shape index (κ1) is 25.9. The number of halogens is 1. The second kappa shape index (κ2) is 12.5. The predicted octanol–water partition coefficient (Wildman–Crippen LogP) is 3.45. The molecule has 0 saturated carbocycles. The number of nitrogens with zero attached hydrogens (tertiary/aromatic N) is 2. The van der Waals surface area contributed by atoms with Crippen LogP contribution in [0, 0.1) is 0 Å². The van der Waals surface area contributed by atoms with Crippen molar-refractivity contribution in [3.63, 3.8) is 0 Å². The topological polar surface area (TPSA) is 68.8 Å². The van der Waals surface area contributed by atoms with Gasteiger partial charge < -0.3 is 20.9 Å². The second-order valence-corrected chi connectivity index (χ2v) is 8.02. The average molecular weight is 523 g/mol. The van der Waals surface area contributed by atoms with Gasteiger partial charge in [0.25, 0.3) is 0 Å². The number of carbonyl (C=O) groups is 1. The van der Waals surface area contributed by atoms with Crippen LogP contribution in [0.5, 0.6) is 0 Å². The van der Waals surface area contributed by atoms with Crippen LogP contribution in [-0.2, 0) is 16.8 Å². The third kappa shape index (κ3) is 8.71. The quantitative estimate of drug-likeness (QED) is 0.282. The Hall–Kier alpha value is -2.13. The smallest absolute Gasteiger partial charge is 0.238 e. The summed E-state index contributed by atoms with van der Waals surface area (Å²) in [5.74, 6) is 0.719. The number of nitrogens with one attached hydrogen (secondary N) is 3. The van der Waals surface area contributed by atoms with Crippen LogP contribution in [-0.4, -0.2) is 51.0 Å². The van der Waals surface area contributed by atoms with E-state index in [1.165, 1.54) is 5.56 Å². The summed E-state index contributed by atoms with van der Waals surface area (Å²) in [6.45, 7) is 6.15.